The fourth-order valence-electron chi connectivity index (χ4n) is 6.72. The van der Waals surface area contributed by atoms with Crippen LogP contribution in [0.3, 0.4) is 0 Å². The van der Waals surface area contributed by atoms with E-state index < -0.39 is 18.5 Å². The van der Waals surface area contributed by atoms with Crippen molar-refractivity contribution in [2.75, 3.05) is 39.5 Å². The number of rotatable bonds is 38. The molecule has 1 aromatic carbocycles. The Morgan fingerprint density at radius 3 is 1.56 bits per heavy atom. The Balaban J connectivity index is 2.58. The molecule has 0 amide bonds. The van der Waals surface area contributed by atoms with Crippen LogP contribution in [0.4, 0.5) is 4.79 Å². The Kier molecular flexibility index (Phi) is 33.4. The van der Waals surface area contributed by atoms with E-state index in [2.05, 4.69) is 39.5 Å². The van der Waals surface area contributed by atoms with Crippen LogP contribution in [0.15, 0.2) is 18.2 Å². The van der Waals surface area contributed by atoms with Gasteiger partial charge in [-0.2, -0.15) is 0 Å². The summed E-state index contributed by atoms with van der Waals surface area (Å²) in [5.74, 6) is -0.651. The number of carbonyl (C=O) groups is 3. The van der Waals surface area contributed by atoms with E-state index in [0.717, 1.165) is 94.1 Å². The summed E-state index contributed by atoms with van der Waals surface area (Å²) in [6.07, 6.45) is 19.6. The first-order valence-electron chi connectivity index (χ1n) is 22.9. The van der Waals surface area contributed by atoms with Crippen LogP contribution in [0.2, 0.25) is 0 Å². The van der Waals surface area contributed by atoms with Crippen molar-refractivity contribution in [2.45, 2.75) is 208 Å². The molecule has 0 saturated heterocycles. The fourth-order valence-corrected chi connectivity index (χ4v) is 6.72. The number of benzene rings is 1. The van der Waals surface area contributed by atoms with E-state index in [1.807, 2.05) is 25.1 Å². The molecule has 0 aliphatic rings. The van der Waals surface area contributed by atoms with Gasteiger partial charge in [0.1, 0.15) is 19.3 Å². The lowest BCUT2D eigenvalue weighted by Gasteiger charge is -2.19. The van der Waals surface area contributed by atoms with Crippen LogP contribution in [0.1, 0.15) is 193 Å². The number of aryl methyl sites for hydroxylation is 1. The molecule has 1 aromatic rings. The number of hydrogen-bond donors (Lipinski definition) is 0. The number of nitrogens with zero attached hydrogens (tertiary/aromatic N) is 1. The molecule has 0 heterocycles. The van der Waals surface area contributed by atoms with E-state index in [1.54, 1.807) is 0 Å². The van der Waals surface area contributed by atoms with E-state index in [9.17, 15) is 14.4 Å². The quantitative estimate of drug-likeness (QED) is 0.0277. The second-order valence-corrected chi connectivity index (χ2v) is 15.5. The maximum Gasteiger partial charge on any atom is 0.508 e. The molecule has 0 bridgehead atoms. The molecular formula is C47H83NO9. The summed E-state index contributed by atoms with van der Waals surface area (Å²) < 4.78 is 34.5. The number of hydrogen-bond acceptors (Lipinski definition) is 10. The van der Waals surface area contributed by atoms with Crippen LogP contribution in [0, 0.1) is 6.92 Å². The fraction of sp³-hybridized carbons (Fsp3) is 0.809. The molecule has 10 heteroatoms. The molecule has 330 valence electrons. The van der Waals surface area contributed by atoms with Gasteiger partial charge in [0.15, 0.2) is 6.29 Å². The van der Waals surface area contributed by atoms with Crippen LogP contribution in [0.5, 0.6) is 0 Å². The van der Waals surface area contributed by atoms with Crippen LogP contribution >= 0.6 is 0 Å². The highest BCUT2D eigenvalue weighted by molar-refractivity contribution is 5.70. The maximum atomic E-state index is 12.8. The summed E-state index contributed by atoms with van der Waals surface area (Å²) in [6, 6.07) is 5.83. The second-order valence-electron chi connectivity index (χ2n) is 15.5. The predicted octanol–water partition coefficient (Wildman–Crippen LogP) is 11.9. The van der Waals surface area contributed by atoms with Crippen molar-refractivity contribution in [3.05, 3.63) is 34.9 Å². The van der Waals surface area contributed by atoms with Crippen molar-refractivity contribution < 1.29 is 42.8 Å². The zero-order valence-corrected chi connectivity index (χ0v) is 37.2. The van der Waals surface area contributed by atoms with Crippen LogP contribution < -0.4 is 0 Å². The second kappa shape index (κ2) is 36.4. The Labute approximate surface area is 347 Å². The first-order chi connectivity index (χ1) is 27.7. The lowest BCUT2D eigenvalue weighted by atomic mass is 10.1. The van der Waals surface area contributed by atoms with Crippen LogP contribution in [-0.2, 0) is 51.2 Å². The minimum atomic E-state index is -0.676. The van der Waals surface area contributed by atoms with Gasteiger partial charge < -0.3 is 33.3 Å². The molecule has 57 heavy (non-hydrogen) atoms. The monoisotopic (exact) mass is 806 g/mol. The SMILES string of the molecule is CCCCCCCCOC(CCC(=O)OCc1cc(C)cc(COC(=O)CCC(CCCCCC)OC(=O)OCCCN(CC)CC)c1)OCCCCCCCC. The van der Waals surface area contributed by atoms with Gasteiger partial charge in [-0.3, -0.25) is 9.59 Å². The summed E-state index contributed by atoms with van der Waals surface area (Å²) in [5.41, 5.74) is 2.64. The third-order valence-corrected chi connectivity index (χ3v) is 10.2. The van der Waals surface area contributed by atoms with Crippen molar-refractivity contribution >= 4 is 18.1 Å². The third-order valence-electron chi connectivity index (χ3n) is 10.2. The first kappa shape index (κ1) is 52.3. The van der Waals surface area contributed by atoms with E-state index in [1.165, 1.54) is 51.4 Å². The highest BCUT2D eigenvalue weighted by Gasteiger charge is 2.19. The van der Waals surface area contributed by atoms with Gasteiger partial charge in [-0.1, -0.05) is 136 Å². The van der Waals surface area contributed by atoms with Gasteiger partial charge in [0, 0.05) is 32.6 Å². The van der Waals surface area contributed by atoms with Crippen LogP contribution in [-0.4, -0.2) is 74.8 Å². The van der Waals surface area contributed by atoms with Crippen LogP contribution in [0.25, 0.3) is 0 Å². The Morgan fingerprint density at radius 1 is 0.544 bits per heavy atom. The highest BCUT2D eigenvalue weighted by Crippen LogP contribution is 2.18. The number of carbonyl (C=O) groups excluding carboxylic acids is 3. The van der Waals surface area contributed by atoms with Gasteiger partial charge in [-0.15, -0.1) is 0 Å². The van der Waals surface area contributed by atoms with Gasteiger partial charge in [0.2, 0.25) is 0 Å². The smallest absolute Gasteiger partial charge is 0.461 e. The van der Waals surface area contributed by atoms with Gasteiger partial charge in [0.25, 0.3) is 0 Å². The minimum absolute atomic E-state index is 0.103. The molecule has 0 N–H and O–H groups in total. The normalized spacial score (nSPS) is 11.9. The Bertz CT molecular complexity index is 1120. The summed E-state index contributed by atoms with van der Waals surface area (Å²) in [5, 5.41) is 0. The third kappa shape index (κ3) is 30.1. The van der Waals surface area contributed by atoms with E-state index >= 15 is 0 Å². The standard InChI is InChI=1S/C47H83NO9/c1-7-12-15-18-20-23-32-52-46(53-33-24-21-19-16-13-8-2)30-29-45(50)56-39-42-36-40(6)35-41(37-42)38-55-44(49)28-27-43(26-22-17-14-9-3)57-47(51)54-34-25-31-48(10-4)11-5/h35-37,43,46H,7-34,38-39H2,1-6H3. The van der Waals surface area contributed by atoms with Crippen molar-refractivity contribution in [2.24, 2.45) is 0 Å². The van der Waals surface area contributed by atoms with E-state index in [-0.39, 0.29) is 38.0 Å². The molecule has 1 atom stereocenters. The minimum Gasteiger partial charge on any atom is -0.461 e. The average Bonchev–Trinajstić information content (AvgIpc) is 3.20. The molecule has 0 aliphatic heterocycles. The zero-order chi connectivity index (χ0) is 41.8. The molecule has 10 nitrogen and oxygen atoms in total. The lowest BCUT2D eigenvalue weighted by Crippen LogP contribution is -2.26. The predicted molar refractivity (Wildman–Crippen MR) is 229 cm³/mol. The van der Waals surface area contributed by atoms with Gasteiger partial charge >= 0.3 is 18.1 Å². The summed E-state index contributed by atoms with van der Waals surface area (Å²) in [7, 11) is 0. The first-order valence-corrected chi connectivity index (χ1v) is 22.9. The molecule has 0 aliphatic carbocycles. The van der Waals surface area contributed by atoms with Crippen molar-refractivity contribution in [3.8, 4) is 0 Å². The number of unbranched alkanes of at least 4 members (excludes halogenated alkanes) is 13. The zero-order valence-electron chi connectivity index (χ0n) is 37.2. The molecule has 0 saturated carbocycles. The summed E-state index contributed by atoms with van der Waals surface area (Å²) in [4.78, 5) is 40.4. The van der Waals surface area contributed by atoms with Crippen molar-refractivity contribution in [3.63, 3.8) is 0 Å². The Hall–Kier alpha value is -2.69. The molecular weight excluding hydrogens is 723 g/mol. The molecule has 0 radical (unpaired) electrons. The van der Waals surface area contributed by atoms with E-state index in [4.69, 9.17) is 28.4 Å². The largest absolute Gasteiger partial charge is 0.508 e. The summed E-state index contributed by atoms with van der Waals surface area (Å²) in [6.45, 7) is 17.4. The van der Waals surface area contributed by atoms with Crippen molar-refractivity contribution in [1.82, 2.24) is 4.90 Å². The average molecular weight is 806 g/mol. The topological polar surface area (TPSA) is 110 Å². The number of esters is 2. The lowest BCUT2D eigenvalue weighted by molar-refractivity contribution is -0.160. The maximum absolute atomic E-state index is 12.8. The highest BCUT2D eigenvalue weighted by atomic mass is 16.7. The molecule has 0 fully saturated rings. The van der Waals surface area contributed by atoms with Gasteiger partial charge in [-0.05, 0) is 75.7 Å². The molecule has 1 unspecified atom stereocenters. The van der Waals surface area contributed by atoms with Crippen molar-refractivity contribution in [1.29, 1.82) is 0 Å². The molecule has 0 aromatic heterocycles. The molecule has 0 spiro atoms. The number of ether oxygens (including phenoxy) is 6. The molecule has 1 rings (SSSR count). The summed E-state index contributed by atoms with van der Waals surface area (Å²) >= 11 is 0. The Morgan fingerprint density at radius 2 is 1.04 bits per heavy atom. The van der Waals surface area contributed by atoms with Gasteiger partial charge in [0.05, 0.1) is 13.0 Å². The van der Waals surface area contributed by atoms with Gasteiger partial charge in [-0.25, -0.2) is 4.79 Å². The van der Waals surface area contributed by atoms with E-state index in [0.29, 0.717) is 39.1 Å².